The second-order valence-corrected chi connectivity index (χ2v) is 8.32. The zero-order chi connectivity index (χ0) is 20.0. The SMILES string of the molecule is CCC(C)Nc1cccc(COc2c(Br)cc(CCC(=O)O)cc2Br)c1C. The van der Waals surface area contributed by atoms with Crippen molar-refractivity contribution < 1.29 is 14.6 Å². The van der Waals surface area contributed by atoms with E-state index in [2.05, 4.69) is 70.1 Å². The Morgan fingerprint density at radius 3 is 2.52 bits per heavy atom. The number of rotatable bonds is 9. The molecule has 0 fully saturated rings. The molecule has 0 aromatic heterocycles. The molecule has 1 atom stereocenters. The van der Waals surface area contributed by atoms with Crippen molar-refractivity contribution in [2.75, 3.05) is 5.32 Å². The predicted molar refractivity (Wildman–Crippen MR) is 117 cm³/mol. The van der Waals surface area contributed by atoms with Gasteiger partial charge in [0.05, 0.1) is 8.95 Å². The summed E-state index contributed by atoms with van der Waals surface area (Å²) in [7, 11) is 0. The van der Waals surface area contributed by atoms with Crippen LogP contribution in [-0.2, 0) is 17.8 Å². The third-order valence-electron chi connectivity index (χ3n) is 4.52. The first-order chi connectivity index (χ1) is 12.8. The minimum absolute atomic E-state index is 0.105. The smallest absolute Gasteiger partial charge is 0.303 e. The summed E-state index contributed by atoms with van der Waals surface area (Å²) in [5.74, 6) is -0.0855. The van der Waals surface area contributed by atoms with E-state index in [1.165, 1.54) is 5.56 Å². The average molecular weight is 499 g/mol. The van der Waals surface area contributed by atoms with Crippen molar-refractivity contribution in [2.45, 2.75) is 52.7 Å². The van der Waals surface area contributed by atoms with E-state index in [9.17, 15) is 4.79 Å². The number of hydrogen-bond donors (Lipinski definition) is 2. The molecule has 0 saturated heterocycles. The van der Waals surface area contributed by atoms with Crippen LogP contribution in [0.3, 0.4) is 0 Å². The van der Waals surface area contributed by atoms with Gasteiger partial charge in [0.1, 0.15) is 12.4 Å². The van der Waals surface area contributed by atoms with Gasteiger partial charge >= 0.3 is 5.97 Å². The lowest BCUT2D eigenvalue weighted by Gasteiger charge is -2.18. The molecule has 2 aromatic carbocycles. The van der Waals surface area contributed by atoms with Crippen LogP contribution in [0.2, 0.25) is 0 Å². The molecular formula is C21H25Br2NO3. The van der Waals surface area contributed by atoms with Crippen LogP contribution < -0.4 is 10.1 Å². The highest BCUT2D eigenvalue weighted by molar-refractivity contribution is 9.11. The Hall–Kier alpha value is -1.53. The molecule has 0 bridgehead atoms. The number of carboxylic acid groups (broad SMARTS) is 1. The van der Waals surface area contributed by atoms with E-state index < -0.39 is 5.97 Å². The summed E-state index contributed by atoms with van der Waals surface area (Å²) in [6.45, 7) is 6.88. The minimum Gasteiger partial charge on any atom is -0.487 e. The van der Waals surface area contributed by atoms with E-state index in [1.807, 2.05) is 18.2 Å². The first-order valence-electron chi connectivity index (χ1n) is 8.99. The van der Waals surface area contributed by atoms with Gasteiger partial charge in [-0.05, 0) is 93.4 Å². The van der Waals surface area contributed by atoms with E-state index in [0.29, 0.717) is 24.8 Å². The van der Waals surface area contributed by atoms with Gasteiger partial charge in [0, 0.05) is 18.2 Å². The molecule has 1 unspecified atom stereocenters. The Bertz CT molecular complexity index is 785. The van der Waals surface area contributed by atoms with Crippen LogP contribution in [0.15, 0.2) is 39.3 Å². The number of anilines is 1. The van der Waals surface area contributed by atoms with E-state index in [4.69, 9.17) is 9.84 Å². The van der Waals surface area contributed by atoms with Gasteiger partial charge in [-0.25, -0.2) is 0 Å². The summed E-state index contributed by atoms with van der Waals surface area (Å²) >= 11 is 7.08. The van der Waals surface area contributed by atoms with Crippen LogP contribution in [0.25, 0.3) is 0 Å². The van der Waals surface area contributed by atoms with Crippen molar-refractivity contribution in [3.63, 3.8) is 0 Å². The Labute approximate surface area is 177 Å². The lowest BCUT2D eigenvalue weighted by atomic mass is 10.1. The number of aliphatic carboxylic acids is 1. The van der Waals surface area contributed by atoms with E-state index >= 15 is 0 Å². The first kappa shape index (κ1) is 21.8. The summed E-state index contributed by atoms with van der Waals surface area (Å²) in [6, 6.07) is 10.4. The second-order valence-electron chi connectivity index (χ2n) is 6.61. The molecule has 146 valence electrons. The number of hydrogen-bond acceptors (Lipinski definition) is 3. The minimum atomic E-state index is -0.802. The molecule has 4 nitrogen and oxygen atoms in total. The molecule has 6 heteroatoms. The van der Waals surface area contributed by atoms with Gasteiger partial charge in [0.2, 0.25) is 0 Å². The van der Waals surface area contributed by atoms with Gasteiger partial charge < -0.3 is 15.2 Å². The van der Waals surface area contributed by atoms with Crippen LogP contribution >= 0.6 is 31.9 Å². The third kappa shape index (κ3) is 6.25. The van der Waals surface area contributed by atoms with E-state index in [0.717, 1.165) is 32.2 Å². The summed E-state index contributed by atoms with van der Waals surface area (Å²) in [5.41, 5.74) is 4.38. The number of benzene rings is 2. The molecule has 0 aliphatic heterocycles. The molecule has 0 aliphatic rings. The van der Waals surface area contributed by atoms with E-state index in [-0.39, 0.29) is 6.42 Å². The fraction of sp³-hybridized carbons (Fsp3) is 0.381. The lowest BCUT2D eigenvalue weighted by Crippen LogP contribution is -2.15. The highest BCUT2D eigenvalue weighted by Gasteiger charge is 2.12. The zero-order valence-electron chi connectivity index (χ0n) is 15.8. The normalized spacial score (nSPS) is 11.9. The second kappa shape index (κ2) is 10.1. The van der Waals surface area contributed by atoms with Crippen molar-refractivity contribution in [1.29, 1.82) is 0 Å². The summed E-state index contributed by atoms with van der Waals surface area (Å²) in [6.07, 6.45) is 1.65. The summed E-state index contributed by atoms with van der Waals surface area (Å²) in [4.78, 5) is 10.8. The topological polar surface area (TPSA) is 58.6 Å². The monoisotopic (exact) mass is 497 g/mol. The van der Waals surface area contributed by atoms with Crippen molar-refractivity contribution >= 4 is 43.5 Å². The number of nitrogens with one attached hydrogen (secondary N) is 1. The number of aryl methyl sites for hydroxylation is 1. The first-order valence-corrected chi connectivity index (χ1v) is 10.6. The molecule has 2 N–H and O–H groups in total. The van der Waals surface area contributed by atoms with Crippen LogP contribution in [0, 0.1) is 6.92 Å². The van der Waals surface area contributed by atoms with Crippen LogP contribution in [0.1, 0.15) is 43.4 Å². The fourth-order valence-electron chi connectivity index (χ4n) is 2.66. The van der Waals surface area contributed by atoms with Gasteiger partial charge in [-0.15, -0.1) is 0 Å². The van der Waals surface area contributed by atoms with Crippen molar-refractivity contribution in [3.8, 4) is 5.75 Å². The van der Waals surface area contributed by atoms with Crippen molar-refractivity contribution in [2.24, 2.45) is 0 Å². The number of halogens is 2. The summed E-state index contributed by atoms with van der Waals surface area (Å²) in [5, 5.41) is 12.4. The molecule has 0 saturated carbocycles. The van der Waals surface area contributed by atoms with Crippen LogP contribution in [-0.4, -0.2) is 17.1 Å². The quantitative estimate of drug-likeness (QED) is 0.424. The van der Waals surface area contributed by atoms with Crippen molar-refractivity contribution in [1.82, 2.24) is 0 Å². The highest BCUT2D eigenvalue weighted by atomic mass is 79.9. The number of carbonyl (C=O) groups is 1. The van der Waals surface area contributed by atoms with E-state index in [1.54, 1.807) is 0 Å². The fourth-order valence-corrected chi connectivity index (χ4v) is 4.17. The zero-order valence-corrected chi connectivity index (χ0v) is 19.0. The van der Waals surface area contributed by atoms with Gasteiger partial charge in [0.15, 0.2) is 0 Å². The molecule has 2 aromatic rings. The Kier molecular flexibility index (Phi) is 8.17. The van der Waals surface area contributed by atoms with Crippen LogP contribution in [0.5, 0.6) is 5.75 Å². The highest BCUT2D eigenvalue weighted by Crippen LogP contribution is 2.36. The maximum Gasteiger partial charge on any atom is 0.303 e. The molecule has 0 radical (unpaired) electrons. The largest absolute Gasteiger partial charge is 0.487 e. The Balaban J connectivity index is 2.12. The van der Waals surface area contributed by atoms with Crippen molar-refractivity contribution in [3.05, 3.63) is 56.0 Å². The molecule has 0 amide bonds. The van der Waals surface area contributed by atoms with Gasteiger partial charge in [-0.3, -0.25) is 4.79 Å². The number of carboxylic acids is 1. The van der Waals surface area contributed by atoms with Gasteiger partial charge in [-0.1, -0.05) is 19.1 Å². The maximum atomic E-state index is 10.8. The average Bonchev–Trinajstić information content (AvgIpc) is 2.61. The molecule has 27 heavy (non-hydrogen) atoms. The molecule has 0 aliphatic carbocycles. The molecule has 2 rings (SSSR count). The third-order valence-corrected chi connectivity index (χ3v) is 5.70. The maximum absolute atomic E-state index is 10.8. The van der Waals surface area contributed by atoms with Gasteiger partial charge in [-0.2, -0.15) is 0 Å². The number of ether oxygens (including phenoxy) is 1. The predicted octanol–water partition coefficient (Wildman–Crippen LogP) is 6.33. The Morgan fingerprint density at radius 1 is 1.26 bits per heavy atom. The lowest BCUT2D eigenvalue weighted by molar-refractivity contribution is -0.136. The van der Waals surface area contributed by atoms with Crippen LogP contribution in [0.4, 0.5) is 5.69 Å². The molecule has 0 spiro atoms. The van der Waals surface area contributed by atoms with Gasteiger partial charge in [0.25, 0.3) is 0 Å². The molecular weight excluding hydrogens is 474 g/mol. The molecule has 0 heterocycles. The Morgan fingerprint density at radius 2 is 1.93 bits per heavy atom. The summed E-state index contributed by atoms with van der Waals surface area (Å²) < 4.78 is 7.68. The standard InChI is InChI=1S/C21H25Br2NO3/c1-4-13(2)24-19-7-5-6-16(14(19)3)12-27-21-17(22)10-15(11-18(21)23)8-9-20(25)26/h5-7,10-11,13,24H,4,8-9,12H2,1-3H3,(H,25,26).